The van der Waals surface area contributed by atoms with E-state index in [0.29, 0.717) is 17.3 Å². The third-order valence-electron chi connectivity index (χ3n) is 3.49. The van der Waals surface area contributed by atoms with E-state index >= 15 is 0 Å². The van der Waals surface area contributed by atoms with Gasteiger partial charge < -0.3 is 10.6 Å². The van der Waals surface area contributed by atoms with E-state index in [1.807, 2.05) is 6.07 Å². The van der Waals surface area contributed by atoms with E-state index in [0.717, 1.165) is 18.5 Å². The van der Waals surface area contributed by atoms with E-state index in [9.17, 15) is 18.0 Å². The van der Waals surface area contributed by atoms with Crippen LogP contribution >= 0.6 is 0 Å². The summed E-state index contributed by atoms with van der Waals surface area (Å²) in [6.07, 6.45) is 2.33. The largest absolute Gasteiger partial charge is 0.323 e. The van der Waals surface area contributed by atoms with Crippen molar-refractivity contribution in [2.45, 2.75) is 0 Å². The number of anilines is 3. The molecule has 0 fully saturated rings. The van der Waals surface area contributed by atoms with Crippen molar-refractivity contribution in [2.24, 2.45) is 0 Å². The zero-order valence-corrected chi connectivity index (χ0v) is 13.5. The number of benzene rings is 2. The Morgan fingerprint density at radius 2 is 1.67 bits per heavy atom. The van der Waals surface area contributed by atoms with Crippen LogP contribution in [0.15, 0.2) is 48.8 Å². The molecular formula is C18H10F3N5O. The molecule has 0 aliphatic rings. The van der Waals surface area contributed by atoms with Gasteiger partial charge in [0.05, 0.1) is 22.5 Å². The monoisotopic (exact) mass is 369 g/mol. The number of rotatable bonds is 4. The fourth-order valence-electron chi connectivity index (χ4n) is 2.14. The quantitative estimate of drug-likeness (QED) is 0.684. The number of hydrogen-bond donors (Lipinski definition) is 2. The maximum Gasteiger partial charge on any atom is 0.258 e. The molecule has 2 N–H and O–H groups in total. The predicted octanol–water partition coefficient (Wildman–Crippen LogP) is 3.76. The molecule has 9 heteroatoms. The normalized spacial score (nSPS) is 10.1. The predicted molar refractivity (Wildman–Crippen MR) is 90.7 cm³/mol. The molecule has 1 amide bonds. The van der Waals surface area contributed by atoms with E-state index in [1.54, 1.807) is 24.3 Å². The standard InChI is InChI=1S/C18H10F3N5O/c19-12-5-6-14(16(21)15(12)20)25-17(27)11-8-23-18(24-9-11)26-13-4-2-1-3-10(13)7-22/h1-6,8-9H,(H,25,27)(H,23,24,26). The van der Waals surface area contributed by atoms with Crippen LogP contribution in [0.2, 0.25) is 0 Å². The maximum atomic E-state index is 13.6. The second-order valence-corrected chi connectivity index (χ2v) is 5.25. The number of nitrogens with zero attached hydrogens (tertiary/aromatic N) is 3. The Bertz CT molecular complexity index is 1050. The van der Waals surface area contributed by atoms with Gasteiger partial charge in [0.2, 0.25) is 5.95 Å². The lowest BCUT2D eigenvalue weighted by Gasteiger charge is -2.08. The number of nitriles is 1. The summed E-state index contributed by atoms with van der Waals surface area (Å²) >= 11 is 0. The van der Waals surface area contributed by atoms with Gasteiger partial charge in [0.25, 0.3) is 5.91 Å². The van der Waals surface area contributed by atoms with Crippen molar-refractivity contribution in [3.05, 3.63) is 77.4 Å². The van der Waals surface area contributed by atoms with Crippen molar-refractivity contribution in [1.82, 2.24) is 9.97 Å². The molecule has 27 heavy (non-hydrogen) atoms. The zero-order chi connectivity index (χ0) is 19.4. The molecule has 0 aliphatic carbocycles. The van der Waals surface area contributed by atoms with E-state index in [1.165, 1.54) is 0 Å². The average Bonchev–Trinajstić information content (AvgIpc) is 2.69. The molecule has 0 atom stereocenters. The number of carbonyl (C=O) groups excluding carboxylic acids is 1. The van der Waals surface area contributed by atoms with E-state index in [2.05, 4.69) is 20.6 Å². The molecule has 0 unspecified atom stereocenters. The summed E-state index contributed by atoms with van der Waals surface area (Å²) in [5.41, 5.74) is 0.333. The van der Waals surface area contributed by atoms with Gasteiger partial charge in [-0.2, -0.15) is 5.26 Å². The molecular weight excluding hydrogens is 359 g/mol. The number of halogens is 3. The summed E-state index contributed by atoms with van der Waals surface area (Å²) in [4.78, 5) is 20.0. The Hall–Kier alpha value is -3.93. The molecule has 6 nitrogen and oxygen atoms in total. The number of nitrogens with one attached hydrogen (secondary N) is 2. The van der Waals surface area contributed by atoms with Crippen LogP contribution in [-0.4, -0.2) is 15.9 Å². The molecule has 3 rings (SSSR count). The molecule has 2 aromatic carbocycles. The first kappa shape index (κ1) is 17.9. The van der Waals surface area contributed by atoms with Crippen molar-refractivity contribution < 1.29 is 18.0 Å². The van der Waals surface area contributed by atoms with Crippen LogP contribution in [0.4, 0.5) is 30.5 Å². The summed E-state index contributed by atoms with van der Waals surface area (Å²) in [6, 6.07) is 10.3. The van der Waals surface area contributed by atoms with Crippen molar-refractivity contribution in [3.8, 4) is 6.07 Å². The fourth-order valence-corrected chi connectivity index (χ4v) is 2.14. The van der Waals surface area contributed by atoms with Crippen LogP contribution in [0, 0.1) is 28.8 Å². The molecule has 134 valence electrons. The minimum absolute atomic E-state index is 0.0294. The molecule has 0 radical (unpaired) electrons. The number of aromatic nitrogens is 2. The van der Waals surface area contributed by atoms with Gasteiger partial charge in [0.15, 0.2) is 17.5 Å². The second-order valence-electron chi connectivity index (χ2n) is 5.25. The minimum Gasteiger partial charge on any atom is -0.323 e. The summed E-state index contributed by atoms with van der Waals surface area (Å²) in [5.74, 6) is -5.21. The van der Waals surface area contributed by atoms with Gasteiger partial charge in [0, 0.05) is 12.4 Å². The molecule has 0 saturated carbocycles. The summed E-state index contributed by atoms with van der Waals surface area (Å²) in [6.45, 7) is 0. The molecule has 0 aliphatic heterocycles. The lowest BCUT2D eigenvalue weighted by Crippen LogP contribution is -2.15. The van der Waals surface area contributed by atoms with Crippen LogP contribution in [0.3, 0.4) is 0 Å². The van der Waals surface area contributed by atoms with Crippen LogP contribution in [0.1, 0.15) is 15.9 Å². The van der Waals surface area contributed by atoms with Crippen LogP contribution in [0.25, 0.3) is 0 Å². The molecule has 0 spiro atoms. The Morgan fingerprint density at radius 1 is 0.963 bits per heavy atom. The third kappa shape index (κ3) is 3.85. The number of para-hydroxylation sites is 1. The Labute approximate surface area is 151 Å². The van der Waals surface area contributed by atoms with E-state index in [4.69, 9.17) is 5.26 Å². The first-order valence-electron chi connectivity index (χ1n) is 7.52. The lowest BCUT2D eigenvalue weighted by atomic mass is 10.2. The number of amides is 1. The van der Waals surface area contributed by atoms with Crippen molar-refractivity contribution in [1.29, 1.82) is 5.26 Å². The van der Waals surface area contributed by atoms with Gasteiger partial charge in [-0.25, -0.2) is 23.1 Å². The van der Waals surface area contributed by atoms with Crippen molar-refractivity contribution >= 4 is 23.2 Å². The first-order valence-corrected chi connectivity index (χ1v) is 7.52. The molecule has 0 saturated heterocycles. The average molecular weight is 369 g/mol. The Morgan fingerprint density at radius 3 is 2.37 bits per heavy atom. The van der Waals surface area contributed by atoms with Gasteiger partial charge in [-0.05, 0) is 24.3 Å². The zero-order valence-electron chi connectivity index (χ0n) is 13.5. The van der Waals surface area contributed by atoms with Gasteiger partial charge in [-0.3, -0.25) is 4.79 Å². The molecule has 1 heterocycles. The topological polar surface area (TPSA) is 90.7 Å². The highest BCUT2D eigenvalue weighted by atomic mass is 19.2. The van der Waals surface area contributed by atoms with Gasteiger partial charge in [-0.15, -0.1) is 0 Å². The smallest absolute Gasteiger partial charge is 0.258 e. The SMILES string of the molecule is N#Cc1ccccc1Nc1ncc(C(=O)Nc2ccc(F)c(F)c2F)cn1. The van der Waals surface area contributed by atoms with Gasteiger partial charge in [-0.1, -0.05) is 12.1 Å². The van der Waals surface area contributed by atoms with Crippen LogP contribution < -0.4 is 10.6 Å². The summed E-state index contributed by atoms with van der Waals surface area (Å²) in [5, 5.41) is 14.0. The highest BCUT2D eigenvalue weighted by molar-refractivity contribution is 6.04. The summed E-state index contributed by atoms with van der Waals surface area (Å²) < 4.78 is 39.8. The summed E-state index contributed by atoms with van der Waals surface area (Å²) in [7, 11) is 0. The highest BCUT2D eigenvalue weighted by Gasteiger charge is 2.16. The Kier molecular flexibility index (Phi) is 4.99. The maximum absolute atomic E-state index is 13.6. The first-order chi connectivity index (χ1) is 13.0. The molecule has 0 bridgehead atoms. The van der Waals surface area contributed by atoms with E-state index < -0.39 is 29.0 Å². The fraction of sp³-hybridized carbons (Fsp3) is 0. The van der Waals surface area contributed by atoms with Crippen LogP contribution in [0.5, 0.6) is 0 Å². The van der Waals surface area contributed by atoms with Crippen LogP contribution in [-0.2, 0) is 0 Å². The third-order valence-corrected chi connectivity index (χ3v) is 3.49. The van der Waals surface area contributed by atoms with E-state index in [-0.39, 0.29) is 11.5 Å². The van der Waals surface area contributed by atoms with Crippen molar-refractivity contribution in [2.75, 3.05) is 10.6 Å². The molecule has 3 aromatic rings. The molecule has 1 aromatic heterocycles. The van der Waals surface area contributed by atoms with Gasteiger partial charge in [0.1, 0.15) is 6.07 Å². The van der Waals surface area contributed by atoms with Gasteiger partial charge >= 0.3 is 0 Å². The lowest BCUT2D eigenvalue weighted by molar-refractivity contribution is 0.102. The highest BCUT2D eigenvalue weighted by Crippen LogP contribution is 2.21. The van der Waals surface area contributed by atoms with Crippen molar-refractivity contribution in [3.63, 3.8) is 0 Å². The number of hydrogen-bond acceptors (Lipinski definition) is 5. The minimum atomic E-state index is -1.68. The number of carbonyl (C=O) groups is 1. The Balaban J connectivity index is 1.75. The second kappa shape index (κ2) is 7.53.